The third-order valence-electron chi connectivity index (χ3n) is 2.83. The fourth-order valence-corrected chi connectivity index (χ4v) is 1.96. The van der Waals surface area contributed by atoms with Gasteiger partial charge in [0.15, 0.2) is 0 Å². The number of hydrogen-bond acceptors (Lipinski definition) is 3. The van der Waals surface area contributed by atoms with Crippen LogP contribution < -0.4 is 14.2 Å². The van der Waals surface area contributed by atoms with E-state index in [1.807, 2.05) is 12.1 Å². The monoisotopic (exact) mass is 208 g/mol. The number of methoxy groups -OCH3 is 2. The van der Waals surface area contributed by atoms with Crippen molar-refractivity contribution in [2.75, 3.05) is 20.8 Å². The second-order valence-corrected chi connectivity index (χ2v) is 3.78. The van der Waals surface area contributed by atoms with Crippen molar-refractivity contribution in [1.82, 2.24) is 0 Å². The maximum Gasteiger partial charge on any atom is 0.130 e. The third-order valence-corrected chi connectivity index (χ3v) is 2.83. The summed E-state index contributed by atoms with van der Waals surface area (Å²) in [6, 6.07) is 3.83. The van der Waals surface area contributed by atoms with Crippen LogP contribution in [-0.4, -0.2) is 20.8 Å². The van der Waals surface area contributed by atoms with Gasteiger partial charge in [0.05, 0.1) is 20.8 Å². The molecule has 82 valence electrons. The lowest BCUT2D eigenvalue weighted by atomic mass is 9.94. The highest BCUT2D eigenvalue weighted by Crippen LogP contribution is 2.42. The van der Waals surface area contributed by atoms with Gasteiger partial charge in [0.1, 0.15) is 17.2 Å². The van der Waals surface area contributed by atoms with Crippen molar-refractivity contribution in [3.8, 4) is 17.2 Å². The van der Waals surface area contributed by atoms with Gasteiger partial charge in [-0.3, -0.25) is 0 Å². The van der Waals surface area contributed by atoms with Crippen LogP contribution in [-0.2, 0) is 0 Å². The molecule has 0 saturated heterocycles. The highest BCUT2D eigenvalue weighted by molar-refractivity contribution is 5.53. The van der Waals surface area contributed by atoms with Crippen LogP contribution in [0.25, 0.3) is 0 Å². The fraction of sp³-hybridized carbons (Fsp3) is 0.500. The van der Waals surface area contributed by atoms with Gasteiger partial charge in [0.2, 0.25) is 0 Å². The zero-order valence-electron chi connectivity index (χ0n) is 9.37. The summed E-state index contributed by atoms with van der Waals surface area (Å²) in [5.41, 5.74) is 1.16. The van der Waals surface area contributed by atoms with Crippen molar-refractivity contribution in [1.29, 1.82) is 0 Å². The minimum Gasteiger partial charge on any atom is -0.496 e. The summed E-state index contributed by atoms with van der Waals surface area (Å²) in [6.45, 7) is 2.96. The Kier molecular flexibility index (Phi) is 2.71. The molecule has 3 nitrogen and oxygen atoms in total. The van der Waals surface area contributed by atoms with Crippen LogP contribution in [0.3, 0.4) is 0 Å². The van der Waals surface area contributed by atoms with E-state index in [0.29, 0.717) is 5.92 Å². The predicted molar refractivity (Wildman–Crippen MR) is 58.1 cm³/mol. The van der Waals surface area contributed by atoms with Gasteiger partial charge >= 0.3 is 0 Å². The Morgan fingerprint density at radius 1 is 1.27 bits per heavy atom. The lowest BCUT2D eigenvalue weighted by molar-refractivity contribution is 0.263. The molecule has 1 aliphatic rings. The Morgan fingerprint density at radius 3 is 2.73 bits per heavy atom. The number of fused-ring (bicyclic) bond motifs is 1. The molecule has 0 spiro atoms. The molecule has 3 heteroatoms. The van der Waals surface area contributed by atoms with Gasteiger partial charge in [-0.25, -0.2) is 0 Å². The first-order valence-electron chi connectivity index (χ1n) is 5.15. The third kappa shape index (κ3) is 1.74. The van der Waals surface area contributed by atoms with Crippen LogP contribution in [0, 0.1) is 0 Å². The summed E-state index contributed by atoms with van der Waals surface area (Å²) in [5, 5.41) is 0. The van der Waals surface area contributed by atoms with E-state index in [9.17, 15) is 0 Å². The molecule has 0 bridgehead atoms. The first-order chi connectivity index (χ1) is 7.26. The molecule has 0 amide bonds. The van der Waals surface area contributed by atoms with Crippen LogP contribution in [0.15, 0.2) is 12.1 Å². The van der Waals surface area contributed by atoms with Gasteiger partial charge in [-0.15, -0.1) is 0 Å². The Hall–Kier alpha value is -1.38. The SMILES string of the molecule is COc1cc(OC)c2c(c1)OCCC2C. The topological polar surface area (TPSA) is 27.7 Å². The lowest BCUT2D eigenvalue weighted by Gasteiger charge is -2.25. The molecule has 2 rings (SSSR count). The molecule has 1 aromatic rings. The van der Waals surface area contributed by atoms with Crippen LogP contribution in [0.4, 0.5) is 0 Å². The first-order valence-corrected chi connectivity index (χ1v) is 5.15. The quantitative estimate of drug-likeness (QED) is 0.747. The Bertz CT molecular complexity index is 343. The molecule has 0 saturated carbocycles. The lowest BCUT2D eigenvalue weighted by Crippen LogP contribution is -2.13. The van der Waals surface area contributed by atoms with E-state index < -0.39 is 0 Å². The highest BCUT2D eigenvalue weighted by atomic mass is 16.5. The van der Waals surface area contributed by atoms with Gasteiger partial charge in [-0.2, -0.15) is 0 Å². The van der Waals surface area contributed by atoms with E-state index in [4.69, 9.17) is 14.2 Å². The van der Waals surface area contributed by atoms with Crippen molar-refractivity contribution in [2.24, 2.45) is 0 Å². The average molecular weight is 208 g/mol. The Labute approximate surface area is 90.0 Å². The number of hydrogen-bond donors (Lipinski definition) is 0. The number of rotatable bonds is 2. The minimum absolute atomic E-state index is 0.481. The van der Waals surface area contributed by atoms with Crippen LogP contribution in [0.1, 0.15) is 24.8 Å². The molecule has 0 fully saturated rings. The second-order valence-electron chi connectivity index (χ2n) is 3.78. The molecule has 1 heterocycles. The smallest absolute Gasteiger partial charge is 0.130 e. The molecule has 1 unspecified atom stereocenters. The number of ether oxygens (including phenoxy) is 3. The largest absolute Gasteiger partial charge is 0.496 e. The van der Waals surface area contributed by atoms with Gasteiger partial charge in [0.25, 0.3) is 0 Å². The molecular weight excluding hydrogens is 192 g/mol. The molecule has 1 aromatic carbocycles. The van der Waals surface area contributed by atoms with Gasteiger partial charge in [0, 0.05) is 17.7 Å². The van der Waals surface area contributed by atoms with Crippen LogP contribution in [0.2, 0.25) is 0 Å². The fourth-order valence-electron chi connectivity index (χ4n) is 1.96. The number of benzene rings is 1. The van der Waals surface area contributed by atoms with E-state index in [2.05, 4.69) is 6.92 Å². The molecular formula is C12H16O3. The molecule has 1 aliphatic heterocycles. The van der Waals surface area contributed by atoms with Crippen molar-refractivity contribution in [3.63, 3.8) is 0 Å². The van der Waals surface area contributed by atoms with E-state index in [1.54, 1.807) is 14.2 Å². The summed E-state index contributed by atoms with van der Waals surface area (Å²) in [5.74, 6) is 3.01. The summed E-state index contributed by atoms with van der Waals surface area (Å²) in [7, 11) is 3.32. The van der Waals surface area contributed by atoms with E-state index in [1.165, 1.54) is 0 Å². The maximum atomic E-state index is 5.62. The first kappa shape index (κ1) is 10.1. The Balaban J connectivity index is 2.52. The van der Waals surface area contributed by atoms with Crippen molar-refractivity contribution in [3.05, 3.63) is 17.7 Å². The molecule has 15 heavy (non-hydrogen) atoms. The molecule has 0 radical (unpaired) electrons. The predicted octanol–water partition coefficient (Wildman–Crippen LogP) is 2.59. The van der Waals surface area contributed by atoms with Gasteiger partial charge < -0.3 is 14.2 Å². The highest BCUT2D eigenvalue weighted by Gasteiger charge is 2.23. The zero-order chi connectivity index (χ0) is 10.8. The van der Waals surface area contributed by atoms with Crippen molar-refractivity contribution >= 4 is 0 Å². The minimum atomic E-state index is 0.481. The summed E-state index contributed by atoms with van der Waals surface area (Å²) >= 11 is 0. The van der Waals surface area contributed by atoms with E-state index in [-0.39, 0.29) is 0 Å². The standard InChI is InChI=1S/C12H16O3/c1-8-4-5-15-11-7-9(13-2)6-10(14-3)12(8)11/h6-8H,4-5H2,1-3H3. The molecule has 0 N–H and O–H groups in total. The van der Waals surface area contributed by atoms with E-state index >= 15 is 0 Å². The van der Waals surface area contributed by atoms with Crippen LogP contribution in [0.5, 0.6) is 17.2 Å². The molecule has 0 aliphatic carbocycles. The molecule has 0 aromatic heterocycles. The van der Waals surface area contributed by atoms with Gasteiger partial charge in [-0.05, 0) is 12.3 Å². The normalized spacial score (nSPS) is 19.0. The Morgan fingerprint density at radius 2 is 2.07 bits per heavy atom. The zero-order valence-corrected chi connectivity index (χ0v) is 9.37. The maximum absolute atomic E-state index is 5.62. The van der Waals surface area contributed by atoms with Crippen molar-refractivity contribution < 1.29 is 14.2 Å². The van der Waals surface area contributed by atoms with E-state index in [0.717, 1.165) is 35.8 Å². The summed E-state index contributed by atoms with van der Waals surface area (Å²) < 4.78 is 16.2. The van der Waals surface area contributed by atoms with Crippen molar-refractivity contribution in [2.45, 2.75) is 19.3 Å². The summed E-state index contributed by atoms with van der Waals surface area (Å²) in [4.78, 5) is 0. The van der Waals surface area contributed by atoms with Crippen LogP contribution >= 0.6 is 0 Å². The van der Waals surface area contributed by atoms with Gasteiger partial charge in [-0.1, -0.05) is 6.92 Å². The molecule has 1 atom stereocenters. The average Bonchev–Trinajstić information content (AvgIpc) is 2.27. The summed E-state index contributed by atoms with van der Waals surface area (Å²) in [6.07, 6.45) is 1.04. The second kappa shape index (κ2) is 4.01.